The van der Waals surface area contributed by atoms with Gasteiger partial charge in [-0.05, 0) is 50.6 Å². The normalized spacial score (nSPS) is 11.3. The molecule has 2 N–H and O–H groups in total. The first-order valence-electron chi connectivity index (χ1n) is 8.64. The maximum absolute atomic E-state index is 14.1. The molecule has 1 amide bonds. The first-order chi connectivity index (χ1) is 13.2. The van der Waals surface area contributed by atoms with E-state index in [0.717, 1.165) is 6.07 Å². The molecule has 0 aliphatic heterocycles. The summed E-state index contributed by atoms with van der Waals surface area (Å²) >= 11 is 0. The van der Waals surface area contributed by atoms with E-state index >= 15 is 0 Å². The van der Waals surface area contributed by atoms with Gasteiger partial charge in [-0.2, -0.15) is 5.10 Å². The number of carbonyl (C=O) groups is 1. The summed E-state index contributed by atoms with van der Waals surface area (Å²) in [4.78, 5) is 16.2. The number of alkyl carbamates (subject to hydrolysis) is 1. The van der Waals surface area contributed by atoms with Gasteiger partial charge in [-0.25, -0.2) is 13.6 Å². The zero-order valence-corrected chi connectivity index (χ0v) is 15.7. The highest BCUT2D eigenvalue weighted by Crippen LogP contribution is 2.28. The summed E-state index contributed by atoms with van der Waals surface area (Å²) in [5.74, 6) is -1.37. The summed E-state index contributed by atoms with van der Waals surface area (Å²) in [5.41, 5.74) is 1.82. The van der Waals surface area contributed by atoms with Crippen LogP contribution in [0, 0.1) is 11.6 Å². The number of nitrogens with one attached hydrogen (secondary N) is 2. The first-order valence-corrected chi connectivity index (χ1v) is 8.64. The Morgan fingerprint density at radius 3 is 2.57 bits per heavy atom. The van der Waals surface area contributed by atoms with E-state index in [0.29, 0.717) is 22.5 Å². The lowest BCUT2D eigenvalue weighted by atomic mass is 10.0. The highest BCUT2D eigenvalue weighted by molar-refractivity contribution is 5.72. The molecule has 0 atom stereocenters. The zero-order valence-electron chi connectivity index (χ0n) is 15.7. The van der Waals surface area contributed by atoms with Crippen LogP contribution in [0.5, 0.6) is 0 Å². The van der Waals surface area contributed by atoms with Crippen LogP contribution in [0.2, 0.25) is 0 Å². The lowest BCUT2D eigenvalue weighted by molar-refractivity contribution is 0.0523. The number of aromatic amines is 1. The van der Waals surface area contributed by atoms with Gasteiger partial charge in [0.2, 0.25) is 0 Å². The van der Waals surface area contributed by atoms with E-state index in [1.807, 2.05) is 0 Å². The van der Waals surface area contributed by atoms with Crippen molar-refractivity contribution in [3.05, 3.63) is 59.9 Å². The molecule has 0 aliphatic carbocycles. The van der Waals surface area contributed by atoms with E-state index in [1.54, 1.807) is 39.1 Å². The third-order valence-corrected chi connectivity index (χ3v) is 3.79. The average molecular weight is 386 g/mol. The van der Waals surface area contributed by atoms with Gasteiger partial charge in [0.1, 0.15) is 17.2 Å². The summed E-state index contributed by atoms with van der Waals surface area (Å²) in [6, 6.07) is 6.71. The molecule has 0 saturated carbocycles. The molecule has 28 heavy (non-hydrogen) atoms. The van der Waals surface area contributed by atoms with Crippen molar-refractivity contribution in [3.63, 3.8) is 0 Å². The molecule has 0 spiro atoms. The number of hydrogen-bond acceptors (Lipinski definition) is 4. The largest absolute Gasteiger partial charge is 0.444 e. The fraction of sp³-hybridized carbons (Fsp3) is 0.250. The minimum absolute atomic E-state index is 0.149. The van der Waals surface area contributed by atoms with Gasteiger partial charge in [0, 0.05) is 36.1 Å². The second-order valence-corrected chi connectivity index (χ2v) is 7.17. The van der Waals surface area contributed by atoms with Gasteiger partial charge >= 0.3 is 6.09 Å². The quantitative estimate of drug-likeness (QED) is 0.695. The molecule has 0 saturated heterocycles. The maximum atomic E-state index is 14.1. The number of aromatic nitrogens is 3. The molecular formula is C20H20F2N4O2. The number of amides is 1. The Balaban J connectivity index is 1.92. The van der Waals surface area contributed by atoms with Crippen molar-refractivity contribution in [2.75, 3.05) is 0 Å². The van der Waals surface area contributed by atoms with E-state index in [2.05, 4.69) is 20.5 Å². The minimum Gasteiger partial charge on any atom is -0.444 e. The van der Waals surface area contributed by atoms with Gasteiger partial charge in [0.25, 0.3) is 0 Å². The summed E-state index contributed by atoms with van der Waals surface area (Å²) in [6.45, 7) is 5.47. The molecule has 0 fully saturated rings. The monoisotopic (exact) mass is 386 g/mol. The number of ether oxygens (including phenoxy) is 1. The molecule has 6 nitrogen and oxygen atoms in total. The van der Waals surface area contributed by atoms with Crippen molar-refractivity contribution in [1.29, 1.82) is 0 Å². The molecule has 3 rings (SSSR count). The number of rotatable bonds is 4. The minimum atomic E-state index is -0.708. The Bertz CT molecular complexity index is 982. The van der Waals surface area contributed by atoms with Crippen molar-refractivity contribution in [1.82, 2.24) is 20.5 Å². The molecule has 1 aromatic carbocycles. The van der Waals surface area contributed by atoms with Crippen molar-refractivity contribution >= 4 is 6.09 Å². The Hall–Kier alpha value is -3.29. The summed E-state index contributed by atoms with van der Waals surface area (Å²) in [7, 11) is 0. The molecule has 0 radical (unpaired) electrons. The van der Waals surface area contributed by atoms with Crippen LogP contribution in [0.4, 0.5) is 13.6 Å². The van der Waals surface area contributed by atoms with E-state index in [4.69, 9.17) is 4.74 Å². The lowest BCUT2D eigenvalue weighted by Crippen LogP contribution is -2.32. The summed E-state index contributed by atoms with van der Waals surface area (Å²) in [5, 5.41) is 9.55. The Kier molecular flexibility index (Phi) is 5.39. The predicted molar refractivity (Wildman–Crippen MR) is 100 cm³/mol. The molecule has 0 unspecified atom stereocenters. The van der Waals surface area contributed by atoms with E-state index in [9.17, 15) is 13.6 Å². The topological polar surface area (TPSA) is 79.9 Å². The SMILES string of the molecule is CC(C)(C)OC(=O)NCc1cnc(-c2ccc(F)cc2F)cc1-c1cc[nH]n1. The standard InChI is InChI=1S/C20H20F2N4O2/c1-20(2,3)28-19(27)24-11-12-10-23-18(9-15(12)17-6-7-25-26-17)14-5-4-13(21)8-16(14)22/h4-10H,11H2,1-3H3,(H,24,27)(H,25,26). The fourth-order valence-electron chi connectivity index (χ4n) is 2.60. The summed E-state index contributed by atoms with van der Waals surface area (Å²) in [6.07, 6.45) is 2.62. The van der Waals surface area contributed by atoms with Gasteiger partial charge in [-0.3, -0.25) is 10.1 Å². The molecule has 0 aliphatic rings. The van der Waals surface area contributed by atoms with Crippen LogP contribution in [0.15, 0.2) is 42.7 Å². The maximum Gasteiger partial charge on any atom is 0.407 e. The van der Waals surface area contributed by atoms with Crippen LogP contribution in [0.3, 0.4) is 0 Å². The third kappa shape index (κ3) is 4.70. The second kappa shape index (κ2) is 7.75. The van der Waals surface area contributed by atoms with E-state index < -0.39 is 23.3 Å². The van der Waals surface area contributed by atoms with Gasteiger partial charge < -0.3 is 10.1 Å². The third-order valence-electron chi connectivity index (χ3n) is 3.79. The van der Waals surface area contributed by atoms with Crippen molar-refractivity contribution in [2.45, 2.75) is 32.9 Å². The predicted octanol–water partition coefficient (Wildman–Crippen LogP) is 4.44. The smallest absolute Gasteiger partial charge is 0.407 e. The Morgan fingerprint density at radius 1 is 1.14 bits per heavy atom. The first kappa shape index (κ1) is 19.5. The number of halogens is 2. The van der Waals surface area contributed by atoms with Gasteiger partial charge in [0.15, 0.2) is 0 Å². The van der Waals surface area contributed by atoms with Crippen molar-refractivity contribution in [3.8, 4) is 22.5 Å². The summed E-state index contributed by atoms with van der Waals surface area (Å²) < 4.78 is 32.6. The molecular weight excluding hydrogens is 366 g/mol. The van der Waals surface area contributed by atoms with Crippen LogP contribution in [-0.4, -0.2) is 26.9 Å². The van der Waals surface area contributed by atoms with E-state index in [1.165, 1.54) is 18.3 Å². The van der Waals surface area contributed by atoms with Crippen LogP contribution < -0.4 is 5.32 Å². The molecule has 146 valence electrons. The average Bonchev–Trinajstić information content (AvgIpc) is 3.13. The second-order valence-electron chi connectivity index (χ2n) is 7.17. The van der Waals surface area contributed by atoms with Crippen LogP contribution in [-0.2, 0) is 11.3 Å². The number of nitrogens with zero attached hydrogens (tertiary/aromatic N) is 2. The Morgan fingerprint density at radius 2 is 1.93 bits per heavy atom. The van der Waals surface area contributed by atoms with Crippen molar-refractivity contribution < 1.29 is 18.3 Å². The van der Waals surface area contributed by atoms with Gasteiger partial charge in [0.05, 0.1) is 11.4 Å². The fourth-order valence-corrected chi connectivity index (χ4v) is 2.60. The highest BCUT2D eigenvalue weighted by atomic mass is 19.1. The number of benzene rings is 1. The highest BCUT2D eigenvalue weighted by Gasteiger charge is 2.18. The zero-order chi connectivity index (χ0) is 20.3. The van der Waals surface area contributed by atoms with Crippen LogP contribution in [0.1, 0.15) is 26.3 Å². The van der Waals surface area contributed by atoms with Crippen LogP contribution >= 0.6 is 0 Å². The molecule has 0 bridgehead atoms. The molecule has 3 aromatic rings. The number of hydrogen-bond donors (Lipinski definition) is 2. The van der Waals surface area contributed by atoms with Gasteiger partial charge in [-0.1, -0.05) is 0 Å². The lowest BCUT2D eigenvalue weighted by Gasteiger charge is -2.20. The molecule has 2 aromatic heterocycles. The van der Waals surface area contributed by atoms with Gasteiger partial charge in [-0.15, -0.1) is 0 Å². The molecule has 8 heteroatoms. The molecule has 2 heterocycles. The number of pyridine rings is 1. The van der Waals surface area contributed by atoms with Crippen LogP contribution in [0.25, 0.3) is 22.5 Å². The number of carbonyl (C=O) groups excluding carboxylic acids is 1. The Labute approximate surface area is 161 Å². The van der Waals surface area contributed by atoms with Crippen molar-refractivity contribution in [2.24, 2.45) is 0 Å². The number of H-pyrrole nitrogens is 1. The van der Waals surface area contributed by atoms with E-state index in [-0.39, 0.29) is 12.1 Å².